The van der Waals surface area contributed by atoms with Crippen molar-refractivity contribution in [3.63, 3.8) is 0 Å². The van der Waals surface area contributed by atoms with Gasteiger partial charge in [0.15, 0.2) is 5.96 Å². The zero-order chi connectivity index (χ0) is 14.9. The molecule has 3 rings (SSSR count). The number of likely N-dealkylation sites (N-methyl/N-ethyl adjacent to an activating group) is 1. The summed E-state index contributed by atoms with van der Waals surface area (Å²) in [6.07, 6.45) is 0.706. The van der Waals surface area contributed by atoms with Gasteiger partial charge in [-0.15, -0.1) is 24.0 Å². The van der Waals surface area contributed by atoms with E-state index in [-0.39, 0.29) is 29.7 Å². The van der Waals surface area contributed by atoms with Crippen LogP contribution in [-0.4, -0.2) is 51.7 Å². The van der Waals surface area contributed by atoms with E-state index in [1.54, 1.807) is 0 Å². The Kier molecular flexibility index (Phi) is 5.54. The zero-order valence-corrected chi connectivity index (χ0v) is 15.7. The highest BCUT2D eigenvalue weighted by atomic mass is 127. The number of nitrogens with one attached hydrogen (secondary N) is 1. The molecule has 0 spiro atoms. The summed E-state index contributed by atoms with van der Waals surface area (Å²) >= 11 is 0. The van der Waals surface area contributed by atoms with E-state index >= 15 is 0 Å². The fourth-order valence-corrected chi connectivity index (χ4v) is 4.18. The molecule has 2 heterocycles. The highest BCUT2D eigenvalue weighted by Crippen LogP contribution is 2.24. The van der Waals surface area contributed by atoms with E-state index in [9.17, 15) is 8.42 Å². The van der Waals surface area contributed by atoms with Gasteiger partial charge in [0.2, 0.25) is 10.0 Å². The molecular formula is C14H21IN4O2S. The van der Waals surface area contributed by atoms with Crippen LogP contribution >= 0.6 is 24.0 Å². The van der Waals surface area contributed by atoms with Crippen molar-refractivity contribution in [1.29, 1.82) is 0 Å². The van der Waals surface area contributed by atoms with Gasteiger partial charge < -0.3 is 10.2 Å². The van der Waals surface area contributed by atoms with Gasteiger partial charge in [-0.2, -0.15) is 0 Å². The minimum atomic E-state index is -3.09. The maximum Gasteiger partial charge on any atom is 0.235 e. The summed E-state index contributed by atoms with van der Waals surface area (Å²) in [5.74, 6) is 1.17. The first-order chi connectivity index (χ1) is 10.1. The van der Waals surface area contributed by atoms with E-state index in [1.165, 1.54) is 4.31 Å². The quantitative estimate of drug-likeness (QED) is 0.725. The summed E-state index contributed by atoms with van der Waals surface area (Å²) in [7, 11) is -1.08. The van der Waals surface area contributed by atoms with Gasteiger partial charge in [0.25, 0.3) is 0 Å². The van der Waals surface area contributed by atoms with E-state index in [0.717, 1.165) is 30.3 Å². The SMILES string of the molecule is CN1CCN=C1NCc1ccc(N2CCCS2(=O)=O)cc1.I. The molecule has 6 nitrogen and oxygen atoms in total. The van der Waals surface area contributed by atoms with Gasteiger partial charge in [-0.05, 0) is 24.1 Å². The number of sulfonamides is 1. The van der Waals surface area contributed by atoms with Crippen molar-refractivity contribution in [2.24, 2.45) is 4.99 Å². The minimum absolute atomic E-state index is 0. The van der Waals surface area contributed by atoms with E-state index in [1.807, 2.05) is 31.3 Å². The lowest BCUT2D eigenvalue weighted by molar-refractivity contribution is 0.534. The standard InChI is InChI=1S/C14H20N4O2S.HI/c1-17-9-7-15-14(17)16-11-12-3-5-13(6-4-12)18-8-2-10-21(18,19)20;/h3-6H,2,7-11H2,1H3,(H,15,16);1H. The second kappa shape index (κ2) is 7.03. The van der Waals surface area contributed by atoms with Crippen molar-refractivity contribution in [2.75, 3.05) is 36.7 Å². The third-order valence-corrected chi connectivity index (χ3v) is 5.70. The lowest BCUT2D eigenvalue weighted by Crippen LogP contribution is -2.35. The molecule has 0 bridgehead atoms. The van der Waals surface area contributed by atoms with Crippen molar-refractivity contribution in [3.05, 3.63) is 29.8 Å². The molecule has 1 aromatic rings. The normalized spacial score (nSPS) is 19.8. The van der Waals surface area contributed by atoms with Gasteiger partial charge >= 0.3 is 0 Å². The van der Waals surface area contributed by atoms with Gasteiger partial charge in [-0.3, -0.25) is 9.30 Å². The number of nitrogens with zero attached hydrogens (tertiary/aromatic N) is 3. The summed E-state index contributed by atoms with van der Waals surface area (Å²) in [5.41, 5.74) is 1.87. The first-order valence-electron chi connectivity index (χ1n) is 7.15. The highest BCUT2D eigenvalue weighted by Gasteiger charge is 2.28. The third kappa shape index (κ3) is 3.65. The number of aliphatic imine (C=N–C) groups is 1. The molecule has 2 aliphatic heterocycles. The number of hydrogen-bond acceptors (Lipinski definition) is 5. The topological polar surface area (TPSA) is 65.0 Å². The fourth-order valence-electron chi connectivity index (χ4n) is 2.61. The molecule has 0 aliphatic carbocycles. The van der Waals surface area contributed by atoms with Crippen LogP contribution in [0.15, 0.2) is 29.3 Å². The second-order valence-corrected chi connectivity index (χ2v) is 7.40. The average Bonchev–Trinajstić information content (AvgIpc) is 3.02. The fraction of sp³-hybridized carbons (Fsp3) is 0.500. The molecule has 0 amide bonds. The lowest BCUT2D eigenvalue weighted by Gasteiger charge is -2.18. The highest BCUT2D eigenvalue weighted by molar-refractivity contribution is 14.0. The zero-order valence-electron chi connectivity index (χ0n) is 12.5. The van der Waals surface area contributed by atoms with Crippen LogP contribution in [0.5, 0.6) is 0 Å². The predicted octanol–water partition coefficient (Wildman–Crippen LogP) is 1.24. The van der Waals surface area contributed by atoms with Crippen LogP contribution in [-0.2, 0) is 16.6 Å². The monoisotopic (exact) mass is 436 g/mol. The first-order valence-corrected chi connectivity index (χ1v) is 8.76. The van der Waals surface area contributed by atoms with Crippen molar-refractivity contribution in [3.8, 4) is 0 Å². The van der Waals surface area contributed by atoms with Crippen LogP contribution in [0, 0.1) is 0 Å². The van der Waals surface area contributed by atoms with Crippen LogP contribution in [0.4, 0.5) is 5.69 Å². The van der Waals surface area contributed by atoms with Gasteiger partial charge in [0.05, 0.1) is 18.0 Å². The molecule has 8 heteroatoms. The molecule has 0 unspecified atom stereocenters. The Hall–Kier alpha value is -1.03. The number of benzene rings is 1. The van der Waals surface area contributed by atoms with Crippen LogP contribution in [0.3, 0.4) is 0 Å². The second-order valence-electron chi connectivity index (χ2n) is 5.39. The Morgan fingerprint density at radius 1 is 1.23 bits per heavy atom. The number of anilines is 1. The van der Waals surface area contributed by atoms with E-state index in [0.29, 0.717) is 19.5 Å². The molecule has 2 aliphatic rings. The number of guanidine groups is 1. The molecule has 0 saturated carbocycles. The van der Waals surface area contributed by atoms with E-state index in [4.69, 9.17) is 0 Å². The molecule has 122 valence electrons. The largest absolute Gasteiger partial charge is 0.352 e. The molecule has 1 saturated heterocycles. The van der Waals surface area contributed by atoms with Crippen molar-refractivity contribution in [2.45, 2.75) is 13.0 Å². The van der Waals surface area contributed by atoms with E-state index < -0.39 is 10.0 Å². The molecule has 22 heavy (non-hydrogen) atoms. The van der Waals surface area contributed by atoms with Gasteiger partial charge in [-0.25, -0.2) is 8.42 Å². The van der Waals surface area contributed by atoms with Gasteiger partial charge in [0.1, 0.15) is 0 Å². The average molecular weight is 436 g/mol. The van der Waals surface area contributed by atoms with Gasteiger partial charge in [0, 0.05) is 26.7 Å². The molecule has 1 N–H and O–H groups in total. The molecule has 0 atom stereocenters. The summed E-state index contributed by atoms with van der Waals surface area (Å²) in [6, 6.07) is 7.68. The predicted molar refractivity (Wildman–Crippen MR) is 99.4 cm³/mol. The Bertz CT molecular complexity index is 645. The van der Waals surface area contributed by atoms with E-state index in [2.05, 4.69) is 15.2 Å². The molecular weight excluding hydrogens is 415 g/mol. The lowest BCUT2D eigenvalue weighted by atomic mass is 10.2. The Morgan fingerprint density at radius 2 is 1.95 bits per heavy atom. The van der Waals surface area contributed by atoms with Crippen LogP contribution < -0.4 is 9.62 Å². The molecule has 0 radical (unpaired) electrons. The van der Waals surface area contributed by atoms with Crippen molar-refractivity contribution < 1.29 is 8.42 Å². The Balaban J connectivity index is 0.00000176. The maximum atomic E-state index is 11.9. The van der Waals surface area contributed by atoms with Gasteiger partial charge in [-0.1, -0.05) is 12.1 Å². The summed E-state index contributed by atoms with van der Waals surface area (Å²) in [6.45, 7) is 3.07. The Morgan fingerprint density at radius 3 is 2.50 bits per heavy atom. The Labute approximate surface area is 148 Å². The molecule has 0 aromatic heterocycles. The minimum Gasteiger partial charge on any atom is -0.352 e. The van der Waals surface area contributed by atoms with Crippen LogP contribution in [0.1, 0.15) is 12.0 Å². The number of rotatable bonds is 3. The van der Waals surface area contributed by atoms with Crippen molar-refractivity contribution >= 4 is 45.6 Å². The number of halogens is 1. The molecule has 1 fully saturated rings. The summed E-state index contributed by atoms with van der Waals surface area (Å²) in [5, 5.41) is 3.30. The van der Waals surface area contributed by atoms with Crippen LogP contribution in [0.2, 0.25) is 0 Å². The molecule has 1 aromatic carbocycles. The third-order valence-electron chi connectivity index (χ3n) is 3.83. The summed E-state index contributed by atoms with van der Waals surface area (Å²) in [4.78, 5) is 6.46. The number of hydrogen-bond donors (Lipinski definition) is 1. The smallest absolute Gasteiger partial charge is 0.235 e. The maximum absolute atomic E-state index is 11.9. The summed E-state index contributed by atoms with van der Waals surface area (Å²) < 4.78 is 25.2. The van der Waals surface area contributed by atoms with Crippen LogP contribution in [0.25, 0.3) is 0 Å². The van der Waals surface area contributed by atoms with Crippen molar-refractivity contribution in [1.82, 2.24) is 10.2 Å². The first kappa shape index (κ1) is 17.3.